The standard InChI is InChI=1S/C24H26ClN3O/c1-3-4-5-6-9-17(2)29-23-13-12-20(25)15-18(23)14-19(16-26)24-27-21-10-7-8-11-22(21)28-24/h7-8,10-15,17H,3-6,9H2,1-2H3,(H,27,28)/b19-14+/t17-/m0/s1. The molecule has 0 unspecified atom stereocenters. The molecule has 0 spiro atoms. The van der Waals surface area contributed by atoms with Crippen LogP contribution < -0.4 is 4.74 Å². The van der Waals surface area contributed by atoms with Crippen molar-refractivity contribution >= 4 is 34.3 Å². The maximum absolute atomic E-state index is 9.72. The summed E-state index contributed by atoms with van der Waals surface area (Å²) in [6.45, 7) is 4.29. The number of aromatic nitrogens is 2. The first-order valence-electron chi connectivity index (χ1n) is 10.1. The van der Waals surface area contributed by atoms with Crippen molar-refractivity contribution in [2.45, 2.75) is 52.1 Å². The highest BCUT2D eigenvalue weighted by molar-refractivity contribution is 6.30. The van der Waals surface area contributed by atoms with Gasteiger partial charge in [0.05, 0.1) is 22.7 Å². The predicted octanol–water partition coefficient (Wildman–Crippen LogP) is 7.02. The third-order valence-electron chi connectivity index (χ3n) is 4.83. The van der Waals surface area contributed by atoms with E-state index in [9.17, 15) is 5.26 Å². The Labute approximate surface area is 177 Å². The summed E-state index contributed by atoms with van der Waals surface area (Å²) >= 11 is 6.22. The van der Waals surface area contributed by atoms with Crippen molar-refractivity contribution in [2.24, 2.45) is 0 Å². The van der Waals surface area contributed by atoms with Crippen molar-refractivity contribution in [3.63, 3.8) is 0 Å². The molecule has 0 saturated heterocycles. The molecule has 3 rings (SSSR count). The van der Waals surface area contributed by atoms with E-state index in [4.69, 9.17) is 16.3 Å². The van der Waals surface area contributed by atoms with Gasteiger partial charge in [-0.05, 0) is 56.2 Å². The number of benzene rings is 2. The lowest BCUT2D eigenvalue weighted by Crippen LogP contribution is -2.12. The van der Waals surface area contributed by atoms with E-state index in [1.807, 2.05) is 42.5 Å². The number of nitrogens with one attached hydrogen (secondary N) is 1. The zero-order valence-corrected chi connectivity index (χ0v) is 17.7. The SMILES string of the molecule is CCCCCC[C@H](C)Oc1ccc(Cl)cc1/C=C(\C#N)c1nc2ccccc2[nH]1. The average Bonchev–Trinajstić information content (AvgIpc) is 3.15. The molecule has 0 bridgehead atoms. The molecule has 0 aliphatic heterocycles. The van der Waals surface area contributed by atoms with Crippen LogP contribution in [0.5, 0.6) is 5.75 Å². The maximum atomic E-state index is 9.72. The van der Waals surface area contributed by atoms with Gasteiger partial charge in [-0.3, -0.25) is 0 Å². The molecule has 0 amide bonds. The second-order valence-corrected chi connectivity index (χ2v) is 7.67. The number of allylic oxidation sites excluding steroid dienone is 1. The van der Waals surface area contributed by atoms with E-state index in [1.54, 1.807) is 6.08 Å². The maximum Gasteiger partial charge on any atom is 0.149 e. The zero-order chi connectivity index (χ0) is 20.6. The molecular formula is C24H26ClN3O. The van der Waals surface area contributed by atoms with E-state index < -0.39 is 0 Å². The van der Waals surface area contributed by atoms with Crippen molar-refractivity contribution in [3.05, 3.63) is 58.9 Å². The van der Waals surface area contributed by atoms with E-state index in [1.165, 1.54) is 19.3 Å². The second-order valence-electron chi connectivity index (χ2n) is 7.23. The molecule has 1 aromatic heterocycles. The number of H-pyrrole nitrogens is 1. The van der Waals surface area contributed by atoms with Crippen molar-refractivity contribution in [1.29, 1.82) is 5.26 Å². The molecule has 5 heteroatoms. The summed E-state index contributed by atoms with van der Waals surface area (Å²) in [6.07, 6.45) is 7.73. The van der Waals surface area contributed by atoms with Crippen LogP contribution in [0.1, 0.15) is 57.3 Å². The van der Waals surface area contributed by atoms with Crippen LogP contribution in [0.3, 0.4) is 0 Å². The number of hydrogen-bond acceptors (Lipinski definition) is 3. The highest BCUT2D eigenvalue weighted by Crippen LogP contribution is 2.29. The van der Waals surface area contributed by atoms with Gasteiger partial charge in [0.1, 0.15) is 17.6 Å². The molecule has 0 aliphatic carbocycles. The molecule has 0 fully saturated rings. The predicted molar refractivity (Wildman–Crippen MR) is 120 cm³/mol. The molecule has 150 valence electrons. The third-order valence-corrected chi connectivity index (χ3v) is 5.06. The van der Waals surface area contributed by atoms with Crippen molar-refractivity contribution in [2.75, 3.05) is 0 Å². The van der Waals surface area contributed by atoms with Crippen molar-refractivity contribution < 1.29 is 4.74 Å². The molecule has 0 aliphatic rings. The molecule has 29 heavy (non-hydrogen) atoms. The van der Waals surface area contributed by atoms with E-state index in [0.717, 1.165) is 35.2 Å². The summed E-state index contributed by atoms with van der Waals surface area (Å²) in [5.41, 5.74) is 2.93. The van der Waals surface area contributed by atoms with Crippen LogP contribution in [0.15, 0.2) is 42.5 Å². The van der Waals surface area contributed by atoms with Gasteiger partial charge < -0.3 is 9.72 Å². The number of nitriles is 1. The minimum Gasteiger partial charge on any atom is -0.490 e. The fraction of sp³-hybridized carbons (Fsp3) is 0.333. The van der Waals surface area contributed by atoms with Crippen LogP contribution in [0, 0.1) is 11.3 Å². The molecular weight excluding hydrogens is 382 g/mol. The Bertz CT molecular complexity index is 999. The highest BCUT2D eigenvalue weighted by Gasteiger charge is 2.12. The van der Waals surface area contributed by atoms with Gasteiger partial charge in [-0.1, -0.05) is 49.9 Å². The van der Waals surface area contributed by atoms with Gasteiger partial charge in [-0.25, -0.2) is 4.98 Å². The summed E-state index contributed by atoms with van der Waals surface area (Å²) in [7, 11) is 0. The number of imidazole rings is 1. The first-order chi connectivity index (χ1) is 14.1. The van der Waals surface area contributed by atoms with Crippen molar-refractivity contribution in [1.82, 2.24) is 9.97 Å². The minimum absolute atomic E-state index is 0.0944. The summed E-state index contributed by atoms with van der Waals surface area (Å²) < 4.78 is 6.18. The van der Waals surface area contributed by atoms with Gasteiger partial charge in [-0.15, -0.1) is 0 Å². The van der Waals surface area contributed by atoms with E-state index in [2.05, 4.69) is 29.9 Å². The number of aromatic amines is 1. The quantitative estimate of drug-likeness (QED) is 0.306. The topological polar surface area (TPSA) is 61.7 Å². The summed E-state index contributed by atoms with van der Waals surface area (Å²) in [5, 5.41) is 10.3. The van der Waals surface area contributed by atoms with Crippen LogP contribution in [-0.2, 0) is 0 Å². The zero-order valence-electron chi connectivity index (χ0n) is 16.9. The Kier molecular flexibility index (Phi) is 7.32. The number of fused-ring (bicyclic) bond motifs is 1. The van der Waals surface area contributed by atoms with Crippen LogP contribution in [0.2, 0.25) is 5.02 Å². The number of unbranched alkanes of at least 4 members (excludes halogenated alkanes) is 3. The summed E-state index contributed by atoms with van der Waals surface area (Å²) in [6, 6.07) is 15.5. The minimum atomic E-state index is 0.0944. The first kappa shape index (κ1) is 21.0. The molecule has 1 N–H and O–H groups in total. The highest BCUT2D eigenvalue weighted by atomic mass is 35.5. The number of hydrogen-bond donors (Lipinski definition) is 1. The Morgan fingerprint density at radius 1 is 1.24 bits per heavy atom. The Morgan fingerprint density at radius 2 is 2.07 bits per heavy atom. The third kappa shape index (κ3) is 5.62. The van der Waals surface area contributed by atoms with Gasteiger partial charge in [0.2, 0.25) is 0 Å². The van der Waals surface area contributed by atoms with E-state index in [0.29, 0.717) is 16.4 Å². The number of para-hydroxylation sites is 2. The number of nitrogens with zero attached hydrogens (tertiary/aromatic N) is 2. The molecule has 1 heterocycles. The lowest BCUT2D eigenvalue weighted by molar-refractivity contribution is 0.206. The molecule has 0 saturated carbocycles. The van der Waals surface area contributed by atoms with Gasteiger partial charge in [0.25, 0.3) is 0 Å². The van der Waals surface area contributed by atoms with Crippen LogP contribution in [0.4, 0.5) is 0 Å². The average molecular weight is 408 g/mol. The largest absolute Gasteiger partial charge is 0.490 e. The second kappa shape index (κ2) is 10.1. The smallest absolute Gasteiger partial charge is 0.149 e. The van der Waals surface area contributed by atoms with Gasteiger partial charge in [-0.2, -0.15) is 5.26 Å². The summed E-state index contributed by atoms with van der Waals surface area (Å²) in [5.74, 6) is 1.26. The van der Waals surface area contributed by atoms with Crippen LogP contribution >= 0.6 is 11.6 Å². The Hall–Kier alpha value is -2.77. The van der Waals surface area contributed by atoms with Crippen LogP contribution in [0.25, 0.3) is 22.7 Å². The van der Waals surface area contributed by atoms with E-state index >= 15 is 0 Å². The van der Waals surface area contributed by atoms with E-state index in [-0.39, 0.29) is 6.10 Å². The molecule has 0 radical (unpaired) electrons. The van der Waals surface area contributed by atoms with Gasteiger partial charge in [0.15, 0.2) is 0 Å². The normalized spacial score (nSPS) is 12.7. The first-order valence-corrected chi connectivity index (χ1v) is 10.5. The molecule has 1 atom stereocenters. The molecule has 2 aromatic carbocycles. The van der Waals surface area contributed by atoms with Crippen molar-refractivity contribution in [3.8, 4) is 11.8 Å². The van der Waals surface area contributed by atoms with Gasteiger partial charge in [0, 0.05) is 10.6 Å². The fourth-order valence-corrected chi connectivity index (χ4v) is 3.44. The number of ether oxygens (including phenoxy) is 1. The number of halogens is 1. The summed E-state index contributed by atoms with van der Waals surface area (Å²) in [4.78, 5) is 7.74. The molecule has 3 aromatic rings. The monoisotopic (exact) mass is 407 g/mol. The number of rotatable bonds is 9. The van der Waals surface area contributed by atoms with Crippen LogP contribution in [-0.4, -0.2) is 16.1 Å². The Balaban J connectivity index is 1.84. The fourth-order valence-electron chi connectivity index (χ4n) is 3.26. The lowest BCUT2D eigenvalue weighted by Gasteiger charge is -2.17. The molecule has 4 nitrogen and oxygen atoms in total. The lowest BCUT2D eigenvalue weighted by atomic mass is 10.1. The Morgan fingerprint density at radius 3 is 2.83 bits per heavy atom. The van der Waals surface area contributed by atoms with Gasteiger partial charge >= 0.3 is 0 Å².